The number of ether oxygens (including phenoxy) is 1. The smallest absolute Gasteiger partial charge is 0.355 e. The molecule has 1 aliphatic heterocycles. The van der Waals surface area contributed by atoms with Crippen LogP contribution in [0.3, 0.4) is 0 Å². The molecule has 1 heterocycles. The molecule has 0 radical (unpaired) electrons. The lowest BCUT2D eigenvalue weighted by atomic mass is 10.1. The van der Waals surface area contributed by atoms with Gasteiger partial charge in [0.05, 0.1) is 11.4 Å². The number of hydrogen-bond acceptors (Lipinski definition) is 7. The predicted octanol–water partition coefficient (Wildman–Crippen LogP) is 2.60. The van der Waals surface area contributed by atoms with Crippen molar-refractivity contribution in [3.63, 3.8) is 0 Å². The van der Waals surface area contributed by atoms with E-state index in [1.165, 1.54) is 13.0 Å². The van der Waals surface area contributed by atoms with Gasteiger partial charge in [0, 0.05) is 21.0 Å². The topological polar surface area (TPSA) is 103 Å². The van der Waals surface area contributed by atoms with E-state index >= 15 is 0 Å². The summed E-state index contributed by atoms with van der Waals surface area (Å²) < 4.78 is 5.14. The predicted molar refractivity (Wildman–Crippen MR) is 120 cm³/mol. The summed E-state index contributed by atoms with van der Waals surface area (Å²) in [7, 11) is 3.51. The van der Waals surface area contributed by atoms with Gasteiger partial charge in [-0.25, -0.2) is 4.79 Å². The molecule has 1 N–H and O–H groups in total. The van der Waals surface area contributed by atoms with Crippen molar-refractivity contribution in [2.24, 2.45) is 0 Å². The van der Waals surface area contributed by atoms with E-state index in [9.17, 15) is 19.6 Å². The number of para-hydroxylation sites is 2. The van der Waals surface area contributed by atoms with Crippen molar-refractivity contribution in [2.45, 2.75) is 6.92 Å². The van der Waals surface area contributed by atoms with Crippen molar-refractivity contribution in [1.82, 2.24) is 5.32 Å². The van der Waals surface area contributed by atoms with Crippen molar-refractivity contribution in [3.05, 3.63) is 77.3 Å². The number of nitriles is 1. The molecule has 1 aliphatic rings. The van der Waals surface area contributed by atoms with Crippen LogP contribution in [0, 0.1) is 11.3 Å². The van der Waals surface area contributed by atoms with Gasteiger partial charge in [0.25, 0.3) is 0 Å². The zero-order chi connectivity index (χ0) is 23.3. The first kappa shape index (κ1) is 22.3. The van der Waals surface area contributed by atoms with Crippen molar-refractivity contribution < 1.29 is 19.1 Å². The lowest BCUT2D eigenvalue weighted by Gasteiger charge is -2.20. The molecule has 0 saturated carbocycles. The molecule has 0 aromatic heterocycles. The summed E-state index contributed by atoms with van der Waals surface area (Å²) in [6.45, 7) is 0.619. The standard InChI is InChI=1S/C24H22N4O4/c1-16(29)26-19(13-17-9-5-4-6-10-17)24(31)32-15-22(30)18(14-25)23-27(2)20-11-7-8-12-21(20)28(23)3/h4-13H,15H2,1-3H3,(H,26,29)/b19-13-. The van der Waals surface area contributed by atoms with Crippen LogP contribution in [0.1, 0.15) is 12.5 Å². The molecule has 2 aromatic rings. The number of benzene rings is 2. The molecule has 8 heteroatoms. The third-order valence-corrected chi connectivity index (χ3v) is 4.83. The molecule has 162 valence electrons. The Labute approximate surface area is 186 Å². The molecule has 3 rings (SSSR count). The van der Waals surface area contributed by atoms with Gasteiger partial charge in [0.1, 0.15) is 23.2 Å². The van der Waals surface area contributed by atoms with E-state index in [0.717, 1.165) is 11.4 Å². The number of carbonyl (C=O) groups excluding carboxylic acids is 3. The number of Topliss-reactive ketones (excluding diaryl/α,β-unsaturated/α-hetero) is 1. The van der Waals surface area contributed by atoms with E-state index in [1.54, 1.807) is 48.2 Å². The first-order valence-electron chi connectivity index (χ1n) is 9.79. The number of nitrogens with zero attached hydrogens (tertiary/aromatic N) is 3. The third-order valence-electron chi connectivity index (χ3n) is 4.83. The number of esters is 1. The third kappa shape index (κ3) is 4.68. The maximum absolute atomic E-state index is 12.8. The molecule has 1 amide bonds. The van der Waals surface area contributed by atoms with E-state index in [2.05, 4.69) is 5.32 Å². The summed E-state index contributed by atoms with van der Waals surface area (Å²) in [4.78, 5) is 40.3. The van der Waals surface area contributed by atoms with Gasteiger partial charge >= 0.3 is 5.97 Å². The molecule has 0 saturated heterocycles. The molecule has 0 atom stereocenters. The maximum atomic E-state index is 12.8. The zero-order valence-corrected chi connectivity index (χ0v) is 18.0. The van der Waals surface area contributed by atoms with Gasteiger partial charge in [0.15, 0.2) is 6.61 Å². The van der Waals surface area contributed by atoms with Crippen LogP contribution < -0.4 is 15.1 Å². The van der Waals surface area contributed by atoms with Gasteiger partial charge in [0.2, 0.25) is 11.7 Å². The summed E-state index contributed by atoms with van der Waals surface area (Å²) in [5.74, 6) is -1.58. The molecule has 32 heavy (non-hydrogen) atoms. The minimum atomic E-state index is -0.879. The van der Waals surface area contributed by atoms with E-state index in [0.29, 0.717) is 11.4 Å². The molecule has 0 spiro atoms. The monoisotopic (exact) mass is 430 g/mol. The highest BCUT2D eigenvalue weighted by Gasteiger charge is 2.31. The quantitative estimate of drug-likeness (QED) is 0.427. The summed E-state index contributed by atoms with van der Waals surface area (Å²) >= 11 is 0. The highest BCUT2D eigenvalue weighted by atomic mass is 16.5. The SMILES string of the molecule is CC(=O)N/C(=C\c1ccccc1)C(=O)OCC(=O)C(C#N)=C1N(C)c2ccccc2N1C. The summed E-state index contributed by atoms with van der Waals surface area (Å²) in [6.07, 6.45) is 1.45. The van der Waals surface area contributed by atoms with Crippen LogP contribution in [0.2, 0.25) is 0 Å². The number of rotatable bonds is 6. The van der Waals surface area contributed by atoms with Crippen LogP contribution >= 0.6 is 0 Å². The molecular formula is C24H22N4O4. The number of fused-ring (bicyclic) bond motifs is 1. The van der Waals surface area contributed by atoms with Crippen LogP contribution in [-0.2, 0) is 19.1 Å². The number of carbonyl (C=O) groups is 3. The van der Waals surface area contributed by atoms with E-state index in [1.807, 2.05) is 36.4 Å². The lowest BCUT2D eigenvalue weighted by molar-refractivity contribution is -0.143. The van der Waals surface area contributed by atoms with Crippen molar-refractivity contribution in [1.29, 1.82) is 5.26 Å². The van der Waals surface area contributed by atoms with Crippen LogP contribution in [0.25, 0.3) is 6.08 Å². The molecular weight excluding hydrogens is 408 g/mol. The minimum absolute atomic E-state index is 0.106. The summed E-state index contributed by atoms with van der Waals surface area (Å²) in [5, 5.41) is 12.1. The van der Waals surface area contributed by atoms with Gasteiger partial charge in [-0.1, -0.05) is 42.5 Å². The van der Waals surface area contributed by atoms with Crippen LogP contribution in [0.4, 0.5) is 11.4 Å². The van der Waals surface area contributed by atoms with E-state index in [4.69, 9.17) is 4.74 Å². The lowest BCUT2D eigenvalue weighted by Crippen LogP contribution is -2.30. The van der Waals surface area contributed by atoms with Crippen LogP contribution in [-0.4, -0.2) is 38.4 Å². The van der Waals surface area contributed by atoms with Gasteiger partial charge < -0.3 is 19.9 Å². The van der Waals surface area contributed by atoms with Crippen molar-refractivity contribution in [3.8, 4) is 6.07 Å². The first-order chi connectivity index (χ1) is 15.3. The first-order valence-corrected chi connectivity index (χ1v) is 9.79. The Kier molecular flexibility index (Phi) is 6.71. The molecule has 8 nitrogen and oxygen atoms in total. The fourth-order valence-electron chi connectivity index (χ4n) is 3.39. The van der Waals surface area contributed by atoms with Crippen LogP contribution in [0.15, 0.2) is 71.7 Å². The Hall–Kier alpha value is -4.38. The molecule has 0 aliphatic carbocycles. The Morgan fingerprint density at radius 2 is 1.56 bits per heavy atom. The van der Waals surface area contributed by atoms with E-state index in [-0.39, 0.29) is 11.3 Å². The fraction of sp³-hybridized carbons (Fsp3) is 0.167. The summed E-state index contributed by atoms with van der Waals surface area (Å²) in [5.41, 5.74) is 2.13. The number of ketones is 1. The second-order valence-electron chi connectivity index (χ2n) is 7.07. The second-order valence-corrected chi connectivity index (χ2v) is 7.07. The van der Waals surface area contributed by atoms with Crippen molar-refractivity contribution >= 4 is 35.1 Å². The van der Waals surface area contributed by atoms with Gasteiger partial charge in [-0.2, -0.15) is 5.26 Å². The largest absolute Gasteiger partial charge is 0.453 e. The second kappa shape index (κ2) is 9.62. The highest BCUT2D eigenvalue weighted by molar-refractivity contribution is 6.05. The zero-order valence-electron chi connectivity index (χ0n) is 18.0. The molecule has 0 bridgehead atoms. The number of amides is 1. The molecule has 2 aromatic carbocycles. The number of anilines is 2. The van der Waals surface area contributed by atoms with Gasteiger partial charge in [-0.05, 0) is 23.8 Å². The normalized spacial score (nSPS) is 12.7. The Morgan fingerprint density at radius 3 is 2.09 bits per heavy atom. The minimum Gasteiger partial charge on any atom is -0.453 e. The number of hydrogen-bond donors (Lipinski definition) is 1. The Balaban J connectivity index is 1.79. The van der Waals surface area contributed by atoms with Crippen LogP contribution in [0.5, 0.6) is 0 Å². The molecule has 0 fully saturated rings. The number of nitrogens with one attached hydrogen (secondary N) is 1. The van der Waals surface area contributed by atoms with Gasteiger partial charge in [-0.3, -0.25) is 9.59 Å². The van der Waals surface area contributed by atoms with E-state index < -0.39 is 24.3 Å². The maximum Gasteiger partial charge on any atom is 0.355 e. The summed E-state index contributed by atoms with van der Waals surface area (Å²) in [6, 6.07) is 18.3. The van der Waals surface area contributed by atoms with Gasteiger partial charge in [-0.15, -0.1) is 0 Å². The Bertz CT molecular complexity index is 1130. The average molecular weight is 430 g/mol. The average Bonchev–Trinajstić information content (AvgIpc) is 3.03. The van der Waals surface area contributed by atoms with Crippen molar-refractivity contribution in [2.75, 3.05) is 30.5 Å². The molecule has 0 unspecified atom stereocenters. The fourth-order valence-corrected chi connectivity index (χ4v) is 3.39. The Morgan fingerprint density at radius 1 is 1.00 bits per heavy atom. The highest BCUT2D eigenvalue weighted by Crippen LogP contribution is 2.40.